The lowest BCUT2D eigenvalue weighted by molar-refractivity contribution is -0.107. The van der Waals surface area contributed by atoms with Gasteiger partial charge in [-0.15, -0.1) is 0 Å². The molecule has 2 aromatic heterocycles. The molecule has 3 aromatic rings. The first-order valence-corrected chi connectivity index (χ1v) is 14.4. The van der Waals surface area contributed by atoms with Crippen LogP contribution in [-0.4, -0.2) is 52.5 Å². The van der Waals surface area contributed by atoms with Crippen LogP contribution in [0.1, 0.15) is 49.4 Å². The van der Waals surface area contributed by atoms with Gasteiger partial charge in [-0.2, -0.15) is 18.3 Å². The van der Waals surface area contributed by atoms with Crippen LogP contribution in [0.3, 0.4) is 0 Å². The first-order valence-electron chi connectivity index (χ1n) is 12.8. The van der Waals surface area contributed by atoms with Crippen molar-refractivity contribution in [2.75, 3.05) is 18.8 Å². The quantitative estimate of drug-likeness (QED) is 0.328. The first-order chi connectivity index (χ1) is 18.4. The number of halogens is 4. The minimum absolute atomic E-state index is 0.00170. The number of benzene rings is 1. The van der Waals surface area contributed by atoms with E-state index in [4.69, 9.17) is 0 Å². The van der Waals surface area contributed by atoms with Gasteiger partial charge in [-0.1, -0.05) is 25.5 Å². The van der Waals surface area contributed by atoms with Gasteiger partial charge in [-0.05, 0) is 84.0 Å². The van der Waals surface area contributed by atoms with E-state index in [9.17, 15) is 26.0 Å². The molecule has 0 radical (unpaired) electrons. The predicted octanol–water partition coefficient (Wildman–Crippen LogP) is 5.76. The molecule has 39 heavy (non-hydrogen) atoms. The summed E-state index contributed by atoms with van der Waals surface area (Å²) in [6.45, 7) is 3.79. The lowest BCUT2D eigenvalue weighted by Gasteiger charge is -2.38. The van der Waals surface area contributed by atoms with Gasteiger partial charge in [0.25, 0.3) is 0 Å². The van der Waals surface area contributed by atoms with Crippen LogP contribution in [0.25, 0.3) is 11.8 Å². The minimum atomic E-state index is -4.84. The van der Waals surface area contributed by atoms with Crippen molar-refractivity contribution in [2.45, 2.75) is 45.2 Å². The Hall–Kier alpha value is -3.05. The smallest absolute Gasteiger partial charge is 0.264 e. The van der Waals surface area contributed by atoms with Crippen LogP contribution in [0.4, 0.5) is 17.6 Å². The Morgan fingerprint density at radius 3 is 2.59 bits per heavy atom. The summed E-state index contributed by atoms with van der Waals surface area (Å²) in [6.07, 6.45) is 4.14. The largest absolute Gasteiger partial charge is 0.404 e. The normalized spacial score (nSPS) is 21.9. The second-order valence-corrected chi connectivity index (χ2v) is 12.8. The van der Waals surface area contributed by atoms with Crippen molar-refractivity contribution < 1.29 is 26.0 Å². The predicted molar refractivity (Wildman–Crippen MR) is 140 cm³/mol. The number of nitrogens with zero attached hydrogens (tertiary/aromatic N) is 4. The third-order valence-corrected chi connectivity index (χ3v) is 9.89. The van der Waals surface area contributed by atoms with Gasteiger partial charge in [0.05, 0.1) is 17.6 Å². The van der Waals surface area contributed by atoms with Crippen molar-refractivity contribution in [2.24, 2.45) is 11.3 Å². The highest BCUT2D eigenvalue weighted by molar-refractivity contribution is 7.89. The molecule has 2 heterocycles. The second kappa shape index (κ2) is 10.2. The Morgan fingerprint density at radius 2 is 1.92 bits per heavy atom. The highest BCUT2D eigenvalue weighted by Gasteiger charge is 2.48. The molecular weight excluding hydrogens is 532 g/mol. The number of sulfonamides is 1. The number of hydrogen-bond acceptors (Lipinski definition) is 4. The Kier molecular flexibility index (Phi) is 7.17. The Balaban J connectivity index is 1.42. The van der Waals surface area contributed by atoms with E-state index in [2.05, 4.69) is 23.1 Å². The van der Waals surface area contributed by atoms with Crippen LogP contribution in [0.2, 0.25) is 0 Å². The number of pyridine rings is 1. The monoisotopic (exact) mass is 562 g/mol. The van der Waals surface area contributed by atoms with Crippen LogP contribution < -0.4 is 0 Å². The number of alkyl halides is 3. The third kappa shape index (κ3) is 5.65. The molecule has 0 saturated heterocycles. The van der Waals surface area contributed by atoms with Gasteiger partial charge in [0.2, 0.25) is 10.0 Å². The highest BCUT2D eigenvalue weighted by Crippen LogP contribution is 2.53. The van der Waals surface area contributed by atoms with Crippen LogP contribution in [0.15, 0.2) is 60.6 Å². The SMILES string of the molecule is CC(CN(C[C@H]1CCC2=Cc3c(cnn3-c3ccc(F)cc3)C[C@@]21C)S(=O)(=O)CC(F)(F)F)c1cccnc1. The molecule has 0 spiro atoms. The zero-order chi connectivity index (χ0) is 28.0. The Bertz CT molecular complexity index is 1470. The van der Waals surface area contributed by atoms with E-state index < -0.39 is 27.4 Å². The molecular formula is C28H30F4N4O2S. The fraction of sp³-hybridized carbons (Fsp3) is 0.429. The summed E-state index contributed by atoms with van der Waals surface area (Å²) >= 11 is 0. The standard InChI is InChI=1S/C28H30F4N4O2S/c1-19(20-4-3-11-33-14-20)16-35(39(37,38)18-28(30,31)32)17-23-6-5-22-12-26-21(13-27(22,23)2)15-34-36(26)25-9-7-24(29)8-10-25/h3-4,7-12,14-15,19,23H,5-6,13,16-18H2,1-2H3/t19?,23-,27+/m1/s1. The second-order valence-electron chi connectivity index (χ2n) is 10.8. The number of aromatic nitrogens is 3. The van der Waals surface area contributed by atoms with E-state index in [0.717, 1.165) is 32.4 Å². The molecule has 0 amide bonds. The number of fused-ring (bicyclic) bond motifs is 2. The summed E-state index contributed by atoms with van der Waals surface area (Å²) in [5.74, 6) is -2.74. The molecule has 1 aromatic carbocycles. The Morgan fingerprint density at radius 1 is 1.18 bits per heavy atom. The summed E-state index contributed by atoms with van der Waals surface area (Å²) in [5, 5.41) is 4.51. The van der Waals surface area contributed by atoms with Crippen molar-refractivity contribution in [3.05, 3.63) is 83.2 Å². The summed E-state index contributed by atoms with van der Waals surface area (Å²) in [6, 6.07) is 9.57. The van der Waals surface area contributed by atoms with E-state index in [1.54, 1.807) is 54.5 Å². The van der Waals surface area contributed by atoms with Crippen molar-refractivity contribution in [1.29, 1.82) is 0 Å². The molecule has 1 saturated carbocycles. The maximum atomic E-state index is 13.4. The minimum Gasteiger partial charge on any atom is -0.264 e. The zero-order valence-corrected chi connectivity index (χ0v) is 22.5. The van der Waals surface area contributed by atoms with Gasteiger partial charge in [-0.3, -0.25) is 4.98 Å². The van der Waals surface area contributed by atoms with E-state index in [1.165, 1.54) is 12.1 Å². The summed E-state index contributed by atoms with van der Waals surface area (Å²) in [7, 11) is -4.61. The lowest BCUT2D eigenvalue weighted by Crippen LogP contribution is -2.45. The molecule has 0 N–H and O–H groups in total. The van der Waals surface area contributed by atoms with Crippen molar-refractivity contribution in [3.63, 3.8) is 0 Å². The summed E-state index contributed by atoms with van der Waals surface area (Å²) < 4.78 is 82.3. The number of allylic oxidation sites excluding steroid dienone is 1. The van der Waals surface area contributed by atoms with Gasteiger partial charge < -0.3 is 0 Å². The Labute approximate surface area is 225 Å². The molecule has 0 aliphatic heterocycles. The van der Waals surface area contributed by atoms with Crippen molar-refractivity contribution >= 4 is 16.1 Å². The van der Waals surface area contributed by atoms with Crippen molar-refractivity contribution in [3.8, 4) is 5.69 Å². The lowest BCUT2D eigenvalue weighted by atomic mass is 9.70. The average molecular weight is 563 g/mol. The third-order valence-electron chi connectivity index (χ3n) is 8.12. The van der Waals surface area contributed by atoms with Crippen LogP contribution in [-0.2, 0) is 16.4 Å². The number of rotatable bonds is 8. The van der Waals surface area contributed by atoms with Crippen LogP contribution >= 0.6 is 0 Å². The van der Waals surface area contributed by atoms with Gasteiger partial charge in [-0.25, -0.2) is 21.8 Å². The molecule has 11 heteroatoms. The maximum absolute atomic E-state index is 13.4. The average Bonchev–Trinajstić information content (AvgIpc) is 3.41. The van der Waals surface area contributed by atoms with Gasteiger partial charge >= 0.3 is 6.18 Å². The fourth-order valence-electron chi connectivity index (χ4n) is 5.94. The molecule has 5 rings (SSSR count). The first kappa shape index (κ1) is 27.5. The highest BCUT2D eigenvalue weighted by atomic mass is 32.2. The molecule has 2 aliphatic rings. The van der Waals surface area contributed by atoms with E-state index in [-0.39, 0.29) is 30.7 Å². The molecule has 3 atom stereocenters. The van der Waals surface area contributed by atoms with Crippen LogP contribution in [0.5, 0.6) is 0 Å². The van der Waals surface area contributed by atoms with E-state index >= 15 is 0 Å². The molecule has 208 valence electrons. The van der Waals surface area contributed by atoms with E-state index in [0.29, 0.717) is 19.3 Å². The van der Waals surface area contributed by atoms with E-state index in [1.807, 2.05) is 0 Å². The topological polar surface area (TPSA) is 68.1 Å². The number of hydrogen-bond donors (Lipinski definition) is 0. The molecule has 1 unspecified atom stereocenters. The maximum Gasteiger partial charge on any atom is 0.404 e. The molecule has 6 nitrogen and oxygen atoms in total. The molecule has 0 bridgehead atoms. The van der Waals surface area contributed by atoms with Gasteiger partial charge in [0.15, 0.2) is 5.75 Å². The van der Waals surface area contributed by atoms with Gasteiger partial charge in [0.1, 0.15) is 5.82 Å². The van der Waals surface area contributed by atoms with Crippen LogP contribution in [0, 0.1) is 17.2 Å². The van der Waals surface area contributed by atoms with Crippen molar-refractivity contribution in [1.82, 2.24) is 19.1 Å². The fourth-order valence-corrected chi connectivity index (χ4v) is 7.39. The molecule has 1 fully saturated rings. The van der Waals surface area contributed by atoms with Gasteiger partial charge in [0, 0.05) is 25.5 Å². The summed E-state index contributed by atoms with van der Waals surface area (Å²) in [5.41, 5.74) is 4.04. The summed E-state index contributed by atoms with van der Waals surface area (Å²) in [4.78, 5) is 4.07. The molecule has 2 aliphatic carbocycles. The zero-order valence-electron chi connectivity index (χ0n) is 21.7.